The molecule has 0 aromatic carbocycles. The van der Waals surface area contributed by atoms with Crippen LogP contribution < -0.4 is 4.90 Å². The standard InChI is InChI=1S/C18H31ClN2OSi/c1-4-5-14-23(2,3)22-13-10-16-8-11-21(12-9-16)17-6-7-18(19)20-15-17/h6-7,15-16H,4-5,8-14H2,1-3H3. The summed E-state index contributed by atoms with van der Waals surface area (Å²) in [4.78, 5) is 6.60. The van der Waals surface area contributed by atoms with Crippen molar-refractivity contribution in [2.24, 2.45) is 5.92 Å². The molecule has 1 aliphatic rings. The van der Waals surface area contributed by atoms with E-state index in [-0.39, 0.29) is 0 Å². The number of anilines is 1. The molecule has 2 rings (SSSR count). The summed E-state index contributed by atoms with van der Waals surface area (Å²) in [6.45, 7) is 10.2. The first-order valence-corrected chi connectivity index (χ1v) is 12.5. The minimum Gasteiger partial charge on any atom is -0.417 e. The molecule has 0 N–H and O–H groups in total. The third-order valence-electron chi connectivity index (χ3n) is 4.84. The van der Waals surface area contributed by atoms with Crippen molar-refractivity contribution in [1.82, 2.24) is 4.98 Å². The maximum absolute atomic E-state index is 6.26. The van der Waals surface area contributed by atoms with Crippen LogP contribution in [0.1, 0.15) is 39.0 Å². The zero-order valence-electron chi connectivity index (χ0n) is 14.9. The van der Waals surface area contributed by atoms with Crippen molar-refractivity contribution in [3.8, 4) is 0 Å². The molecule has 0 spiro atoms. The maximum atomic E-state index is 6.26. The molecule has 3 nitrogen and oxygen atoms in total. The average molecular weight is 355 g/mol. The molecular weight excluding hydrogens is 324 g/mol. The van der Waals surface area contributed by atoms with E-state index in [1.807, 2.05) is 12.3 Å². The van der Waals surface area contributed by atoms with Crippen LogP contribution in [0.4, 0.5) is 5.69 Å². The molecule has 0 atom stereocenters. The van der Waals surface area contributed by atoms with Crippen molar-refractivity contribution in [3.63, 3.8) is 0 Å². The highest BCUT2D eigenvalue weighted by atomic mass is 35.5. The summed E-state index contributed by atoms with van der Waals surface area (Å²) in [6, 6.07) is 5.24. The number of rotatable bonds is 8. The van der Waals surface area contributed by atoms with Crippen molar-refractivity contribution in [2.45, 2.75) is 58.2 Å². The summed E-state index contributed by atoms with van der Waals surface area (Å²) < 4.78 is 6.26. The predicted octanol–water partition coefficient (Wildman–Crippen LogP) is 5.36. The number of halogens is 1. The van der Waals surface area contributed by atoms with E-state index >= 15 is 0 Å². The lowest BCUT2D eigenvalue weighted by Gasteiger charge is -2.34. The molecule has 5 heteroatoms. The van der Waals surface area contributed by atoms with Gasteiger partial charge in [-0.25, -0.2) is 4.98 Å². The second-order valence-corrected chi connectivity index (χ2v) is 12.0. The number of hydrogen-bond donors (Lipinski definition) is 0. The van der Waals surface area contributed by atoms with E-state index in [0.29, 0.717) is 5.15 Å². The fourth-order valence-corrected chi connectivity index (χ4v) is 5.34. The van der Waals surface area contributed by atoms with Gasteiger partial charge in [-0.2, -0.15) is 0 Å². The summed E-state index contributed by atoms with van der Waals surface area (Å²) in [5.74, 6) is 0.808. The summed E-state index contributed by atoms with van der Waals surface area (Å²) in [6.07, 6.45) is 8.19. The van der Waals surface area contributed by atoms with Crippen LogP contribution in [-0.2, 0) is 4.43 Å². The number of hydrogen-bond acceptors (Lipinski definition) is 3. The van der Waals surface area contributed by atoms with Crippen LogP contribution in [0.3, 0.4) is 0 Å². The van der Waals surface area contributed by atoms with Crippen LogP contribution in [0.2, 0.25) is 24.3 Å². The molecule has 2 heterocycles. The molecule has 1 aromatic rings. The van der Waals surface area contributed by atoms with Gasteiger partial charge in [-0.15, -0.1) is 0 Å². The van der Waals surface area contributed by atoms with Gasteiger partial charge in [-0.05, 0) is 56.5 Å². The summed E-state index contributed by atoms with van der Waals surface area (Å²) in [5, 5.41) is 0.565. The van der Waals surface area contributed by atoms with Gasteiger partial charge in [0.15, 0.2) is 8.32 Å². The topological polar surface area (TPSA) is 25.4 Å². The van der Waals surface area contributed by atoms with E-state index in [0.717, 1.165) is 25.6 Å². The third-order valence-corrected chi connectivity index (χ3v) is 7.61. The highest BCUT2D eigenvalue weighted by Gasteiger charge is 2.23. The molecule has 0 unspecified atom stereocenters. The van der Waals surface area contributed by atoms with Crippen LogP contribution >= 0.6 is 11.6 Å². The highest BCUT2D eigenvalue weighted by Crippen LogP contribution is 2.26. The molecule has 0 aliphatic carbocycles. The fourth-order valence-electron chi connectivity index (χ4n) is 3.21. The molecule has 23 heavy (non-hydrogen) atoms. The lowest BCUT2D eigenvalue weighted by molar-refractivity contribution is 0.250. The first-order valence-electron chi connectivity index (χ1n) is 9.00. The molecule has 0 bridgehead atoms. The van der Waals surface area contributed by atoms with Crippen LogP contribution in [0.25, 0.3) is 0 Å². The van der Waals surface area contributed by atoms with Gasteiger partial charge in [0.05, 0.1) is 11.9 Å². The third kappa shape index (κ3) is 6.44. The maximum Gasteiger partial charge on any atom is 0.186 e. The lowest BCUT2D eigenvalue weighted by Crippen LogP contribution is -2.35. The van der Waals surface area contributed by atoms with Crippen LogP contribution in [0.15, 0.2) is 18.3 Å². The Morgan fingerprint density at radius 2 is 2.04 bits per heavy atom. The fraction of sp³-hybridized carbons (Fsp3) is 0.722. The van der Waals surface area contributed by atoms with Crippen molar-refractivity contribution in [3.05, 3.63) is 23.5 Å². The van der Waals surface area contributed by atoms with Crippen LogP contribution in [0, 0.1) is 5.92 Å². The Kier molecular flexibility index (Phi) is 7.37. The second-order valence-electron chi connectivity index (χ2n) is 7.27. The van der Waals surface area contributed by atoms with E-state index in [9.17, 15) is 0 Å². The minimum absolute atomic E-state index is 0.565. The van der Waals surface area contributed by atoms with Gasteiger partial charge >= 0.3 is 0 Å². The van der Waals surface area contributed by atoms with Gasteiger partial charge in [0.1, 0.15) is 5.15 Å². The van der Waals surface area contributed by atoms with Gasteiger partial charge in [-0.1, -0.05) is 31.4 Å². The quantitative estimate of drug-likeness (QED) is 0.464. The summed E-state index contributed by atoms with van der Waals surface area (Å²) in [5.41, 5.74) is 1.19. The Labute approximate surface area is 147 Å². The van der Waals surface area contributed by atoms with E-state index in [2.05, 4.69) is 36.0 Å². The van der Waals surface area contributed by atoms with Gasteiger partial charge < -0.3 is 9.33 Å². The molecule has 0 radical (unpaired) electrons. The zero-order valence-corrected chi connectivity index (χ0v) is 16.6. The summed E-state index contributed by atoms with van der Waals surface area (Å²) in [7, 11) is -1.41. The molecule has 1 saturated heterocycles. The smallest absolute Gasteiger partial charge is 0.186 e. The van der Waals surface area contributed by atoms with Gasteiger partial charge in [0.25, 0.3) is 0 Å². The minimum atomic E-state index is -1.41. The largest absolute Gasteiger partial charge is 0.417 e. The van der Waals surface area contributed by atoms with Gasteiger partial charge in [0, 0.05) is 19.7 Å². The Hall–Kier alpha value is -0.583. The molecule has 130 valence electrons. The van der Waals surface area contributed by atoms with Crippen LogP contribution in [0.5, 0.6) is 0 Å². The molecule has 1 aliphatic heterocycles. The highest BCUT2D eigenvalue weighted by molar-refractivity contribution is 6.71. The van der Waals surface area contributed by atoms with Crippen molar-refractivity contribution < 1.29 is 4.43 Å². The second kappa shape index (κ2) is 9.05. The van der Waals surface area contributed by atoms with Gasteiger partial charge in [0.2, 0.25) is 0 Å². The lowest BCUT2D eigenvalue weighted by atomic mass is 9.94. The van der Waals surface area contributed by atoms with Gasteiger partial charge in [-0.3, -0.25) is 0 Å². The number of aromatic nitrogens is 1. The van der Waals surface area contributed by atoms with Crippen molar-refractivity contribution >= 4 is 25.6 Å². The van der Waals surface area contributed by atoms with Crippen molar-refractivity contribution in [1.29, 1.82) is 0 Å². The number of pyridine rings is 1. The first-order chi connectivity index (χ1) is 11.0. The molecule has 1 aromatic heterocycles. The van der Waals surface area contributed by atoms with Crippen molar-refractivity contribution in [2.75, 3.05) is 24.6 Å². The first kappa shape index (κ1) is 18.8. The number of piperidine rings is 1. The SMILES string of the molecule is CCCC[Si](C)(C)OCCC1CCN(c2ccc(Cl)nc2)CC1. The van der Waals surface area contributed by atoms with E-state index in [4.69, 9.17) is 16.0 Å². The van der Waals surface area contributed by atoms with E-state index < -0.39 is 8.32 Å². The summed E-state index contributed by atoms with van der Waals surface area (Å²) >= 11 is 5.86. The molecule has 0 saturated carbocycles. The number of unbranched alkanes of at least 4 members (excludes halogenated alkanes) is 1. The Morgan fingerprint density at radius 3 is 2.65 bits per heavy atom. The Balaban J connectivity index is 1.68. The number of nitrogens with zero attached hydrogens (tertiary/aromatic N) is 2. The Morgan fingerprint density at radius 1 is 1.30 bits per heavy atom. The average Bonchev–Trinajstić information content (AvgIpc) is 2.54. The van der Waals surface area contributed by atoms with E-state index in [1.54, 1.807) is 0 Å². The molecular formula is C18H31ClN2OSi. The zero-order chi connectivity index (χ0) is 16.7. The Bertz CT molecular complexity index is 459. The van der Waals surface area contributed by atoms with Crippen LogP contribution in [-0.4, -0.2) is 33.0 Å². The molecule has 1 fully saturated rings. The normalized spacial score (nSPS) is 16.8. The monoisotopic (exact) mass is 354 g/mol. The van der Waals surface area contributed by atoms with E-state index in [1.165, 1.54) is 43.8 Å². The molecule has 0 amide bonds. The predicted molar refractivity (Wildman–Crippen MR) is 102 cm³/mol.